The first kappa shape index (κ1) is 8.99. The molecule has 0 spiro atoms. The lowest BCUT2D eigenvalue weighted by molar-refractivity contribution is -0.120. The molecule has 0 saturated carbocycles. The Kier molecular flexibility index (Phi) is 3.04. The third kappa shape index (κ3) is 2.87. The molecule has 0 unspecified atom stereocenters. The van der Waals surface area contributed by atoms with E-state index >= 15 is 0 Å². The number of amides is 3. The topological polar surface area (TPSA) is 75.4 Å². The second-order valence-electron chi connectivity index (χ2n) is 2.90. The van der Waals surface area contributed by atoms with E-state index in [0.29, 0.717) is 0 Å². The van der Waals surface area contributed by atoms with Crippen molar-refractivity contribution in [3.05, 3.63) is 0 Å². The van der Waals surface area contributed by atoms with Gasteiger partial charge in [-0.1, -0.05) is 0 Å². The van der Waals surface area contributed by atoms with Gasteiger partial charge >= 0.3 is 6.03 Å². The van der Waals surface area contributed by atoms with Crippen LogP contribution in [0.3, 0.4) is 0 Å². The zero-order valence-electron chi connectivity index (χ0n) is 6.88. The number of likely N-dealkylation sites (tertiary alicyclic amines) is 1. The molecule has 0 atom stereocenters. The number of nitrogens with zero attached hydrogens (tertiary/aromatic N) is 1. The van der Waals surface area contributed by atoms with Crippen molar-refractivity contribution in [1.29, 1.82) is 0 Å². The van der Waals surface area contributed by atoms with Crippen molar-refractivity contribution in [3.8, 4) is 0 Å². The van der Waals surface area contributed by atoms with E-state index in [-0.39, 0.29) is 12.5 Å². The summed E-state index contributed by atoms with van der Waals surface area (Å²) >= 11 is 0. The van der Waals surface area contributed by atoms with Crippen LogP contribution in [0.2, 0.25) is 0 Å². The van der Waals surface area contributed by atoms with Crippen molar-refractivity contribution in [2.24, 2.45) is 5.73 Å². The van der Waals surface area contributed by atoms with Gasteiger partial charge < -0.3 is 5.73 Å². The Hall–Kier alpha value is -1.10. The largest absolute Gasteiger partial charge is 0.351 e. The SMILES string of the molecule is NC(=O)NC(=O)CN1CCCC1. The van der Waals surface area contributed by atoms with Crippen LogP contribution >= 0.6 is 0 Å². The Morgan fingerprint density at radius 2 is 1.92 bits per heavy atom. The standard InChI is InChI=1S/C7H13N3O2/c8-7(12)9-6(11)5-10-3-1-2-4-10/h1-5H2,(H3,8,9,11,12). The van der Waals surface area contributed by atoms with Crippen molar-refractivity contribution < 1.29 is 9.59 Å². The second kappa shape index (κ2) is 4.06. The van der Waals surface area contributed by atoms with Gasteiger partial charge in [0.1, 0.15) is 0 Å². The molecule has 68 valence electrons. The molecular weight excluding hydrogens is 158 g/mol. The molecule has 0 aliphatic carbocycles. The van der Waals surface area contributed by atoms with Gasteiger partial charge in [-0.25, -0.2) is 4.79 Å². The summed E-state index contributed by atoms with van der Waals surface area (Å²) in [6.07, 6.45) is 2.26. The lowest BCUT2D eigenvalue weighted by Crippen LogP contribution is -2.41. The van der Waals surface area contributed by atoms with Crippen LogP contribution in [-0.4, -0.2) is 36.5 Å². The normalized spacial score (nSPS) is 17.7. The molecule has 1 aliphatic rings. The lowest BCUT2D eigenvalue weighted by atomic mass is 10.4. The summed E-state index contributed by atoms with van der Waals surface area (Å²) in [5, 5.41) is 2.03. The minimum atomic E-state index is -0.779. The van der Waals surface area contributed by atoms with Crippen LogP contribution in [0.5, 0.6) is 0 Å². The number of urea groups is 1. The van der Waals surface area contributed by atoms with Crippen LogP contribution in [0, 0.1) is 0 Å². The highest BCUT2D eigenvalue weighted by Gasteiger charge is 2.15. The summed E-state index contributed by atoms with van der Waals surface area (Å²) < 4.78 is 0. The molecule has 5 heteroatoms. The maximum absolute atomic E-state index is 11.0. The minimum Gasteiger partial charge on any atom is -0.351 e. The number of nitrogens with one attached hydrogen (secondary N) is 1. The highest BCUT2D eigenvalue weighted by atomic mass is 16.2. The van der Waals surface area contributed by atoms with E-state index in [9.17, 15) is 9.59 Å². The Morgan fingerprint density at radius 1 is 1.33 bits per heavy atom. The molecule has 1 heterocycles. The molecule has 12 heavy (non-hydrogen) atoms. The fourth-order valence-corrected chi connectivity index (χ4v) is 1.32. The summed E-state index contributed by atoms with van der Waals surface area (Å²) in [5.74, 6) is -0.315. The average molecular weight is 171 g/mol. The highest BCUT2D eigenvalue weighted by molar-refractivity contribution is 5.94. The van der Waals surface area contributed by atoms with E-state index in [0.717, 1.165) is 25.9 Å². The fourth-order valence-electron chi connectivity index (χ4n) is 1.32. The molecular formula is C7H13N3O2. The molecule has 0 radical (unpaired) electrons. The minimum absolute atomic E-state index is 0.281. The number of primary amides is 1. The number of nitrogens with two attached hydrogens (primary N) is 1. The zero-order chi connectivity index (χ0) is 8.97. The summed E-state index contributed by atoms with van der Waals surface area (Å²) in [6.45, 7) is 2.15. The van der Waals surface area contributed by atoms with Gasteiger partial charge in [0.2, 0.25) is 5.91 Å². The number of imide groups is 1. The van der Waals surface area contributed by atoms with Crippen LogP contribution in [0.25, 0.3) is 0 Å². The van der Waals surface area contributed by atoms with Crippen molar-refractivity contribution in [2.75, 3.05) is 19.6 Å². The molecule has 1 rings (SSSR count). The summed E-state index contributed by atoms with van der Waals surface area (Å²) in [4.78, 5) is 23.2. The molecule has 0 aromatic heterocycles. The van der Waals surface area contributed by atoms with Crippen LogP contribution in [-0.2, 0) is 4.79 Å². The Balaban J connectivity index is 2.20. The molecule has 0 aromatic carbocycles. The number of carbonyl (C=O) groups is 2. The third-order valence-electron chi connectivity index (χ3n) is 1.83. The van der Waals surface area contributed by atoms with Gasteiger partial charge in [0.15, 0.2) is 0 Å². The van der Waals surface area contributed by atoms with Gasteiger partial charge in [-0.3, -0.25) is 15.0 Å². The summed E-state index contributed by atoms with van der Waals surface area (Å²) in [6, 6.07) is -0.779. The quantitative estimate of drug-likeness (QED) is 0.575. The second-order valence-corrected chi connectivity index (χ2v) is 2.90. The third-order valence-corrected chi connectivity index (χ3v) is 1.83. The average Bonchev–Trinajstić information content (AvgIpc) is 2.37. The smallest absolute Gasteiger partial charge is 0.318 e. The molecule has 0 aromatic rings. The molecule has 1 aliphatic heterocycles. The van der Waals surface area contributed by atoms with E-state index in [4.69, 9.17) is 5.73 Å². The predicted molar refractivity (Wildman–Crippen MR) is 43.4 cm³/mol. The number of rotatable bonds is 2. The van der Waals surface area contributed by atoms with E-state index in [1.807, 2.05) is 10.2 Å². The van der Waals surface area contributed by atoms with Crippen LogP contribution < -0.4 is 11.1 Å². The van der Waals surface area contributed by atoms with Crippen molar-refractivity contribution in [3.63, 3.8) is 0 Å². The summed E-state index contributed by atoms with van der Waals surface area (Å²) in [7, 11) is 0. The van der Waals surface area contributed by atoms with Crippen molar-refractivity contribution >= 4 is 11.9 Å². The molecule has 1 fully saturated rings. The van der Waals surface area contributed by atoms with Crippen molar-refractivity contribution in [2.45, 2.75) is 12.8 Å². The Bertz CT molecular complexity index is 187. The molecule has 3 N–H and O–H groups in total. The molecule has 1 saturated heterocycles. The van der Waals surface area contributed by atoms with E-state index in [1.165, 1.54) is 0 Å². The molecule has 0 bridgehead atoms. The van der Waals surface area contributed by atoms with E-state index in [2.05, 4.69) is 0 Å². The molecule has 5 nitrogen and oxygen atoms in total. The Labute approximate surface area is 70.9 Å². The van der Waals surface area contributed by atoms with E-state index in [1.54, 1.807) is 0 Å². The number of hydrogen-bond acceptors (Lipinski definition) is 3. The number of hydrogen-bond donors (Lipinski definition) is 2. The first-order chi connectivity index (χ1) is 5.68. The maximum atomic E-state index is 11.0. The predicted octanol–water partition coefficient (Wildman–Crippen LogP) is -0.723. The van der Waals surface area contributed by atoms with Crippen LogP contribution in [0.15, 0.2) is 0 Å². The maximum Gasteiger partial charge on any atom is 0.318 e. The molecule has 3 amide bonds. The first-order valence-corrected chi connectivity index (χ1v) is 4.00. The van der Waals surface area contributed by atoms with Gasteiger partial charge in [0.05, 0.1) is 6.54 Å². The number of carbonyl (C=O) groups excluding carboxylic acids is 2. The van der Waals surface area contributed by atoms with Crippen LogP contribution in [0.1, 0.15) is 12.8 Å². The van der Waals surface area contributed by atoms with Gasteiger partial charge in [0, 0.05) is 0 Å². The van der Waals surface area contributed by atoms with Crippen molar-refractivity contribution in [1.82, 2.24) is 10.2 Å². The van der Waals surface area contributed by atoms with Crippen LogP contribution in [0.4, 0.5) is 4.79 Å². The van der Waals surface area contributed by atoms with Gasteiger partial charge in [-0.2, -0.15) is 0 Å². The van der Waals surface area contributed by atoms with E-state index < -0.39 is 6.03 Å². The summed E-state index contributed by atoms with van der Waals surface area (Å²) in [5.41, 5.74) is 4.78. The van der Waals surface area contributed by atoms with Gasteiger partial charge in [-0.15, -0.1) is 0 Å². The highest BCUT2D eigenvalue weighted by Crippen LogP contribution is 2.05. The van der Waals surface area contributed by atoms with Gasteiger partial charge in [-0.05, 0) is 25.9 Å². The zero-order valence-corrected chi connectivity index (χ0v) is 6.88. The lowest BCUT2D eigenvalue weighted by Gasteiger charge is -2.12. The monoisotopic (exact) mass is 171 g/mol. The Morgan fingerprint density at radius 3 is 2.42 bits per heavy atom. The fraction of sp³-hybridized carbons (Fsp3) is 0.714. The van der Waals surface area contributed by atoms with Gasteiger partial charge in [0.25, 0.3) is 0 Å². The first-order valence-electron chi connectivity index (χ1n) is 4.00.